The summed E-state index contributed by atoms with van der Waals surface area (Å²) in [6.45, 7) is 6.07. The predicted octanol–water partition coefficient (Wildman–Crippen LogP) is 3.64. The predicted molar refractivity (Wildman–Crippen MR) is 116 cm³/mol. The molecule has 1 saturated heterocycles. The van der Waals surface area contributed by atoms with Crippen molar-refractivity contribution in [2.75, 3.05) is 6.54 Å². The van der Waals surface area contributed by atoms with E-state index < -0.39 is 29.8 Å². The monoisotopic (exact) mass is 417 g/mol. The van der Waals surface area contributed by atoms with E-state index in [4.69, 9.17) is 0 Å². The molecule has 4 rings (SSSR count). The number of nitrogens with zero attached hydrogens (tertiary/aromatic N) is 1. The largest absolute Gasteiger partial charge is 0.355 e. The molecule has 0 bridgehead atoms. The van der Waals surface area contributed by atoms with Crippen molar-refractivity contribution in [3.05, 3.63) is 70.5 Å². The van der Waals surface area contributed by atoms with Crippen LogP contribution in [-0.2, 0) is 10.3 Å². The van der Waals surface area contributed by atoms with Gasteiger partial charge in [0.05, 0.1) is 12.2 Å². The number of carbonyl (C=O) groups is 4. The smallest absolute Gasteiger partial charge is 0.325 e. The van der Waals surface area contributed by atoms with Crippen LogP contribution < -0.4 is 5.32 Å². The van der Waals surface area contributed by atoms with Crippen LogP contribution in [0.5, 0.6) is 0 Å². The number of imide groups is 1. The fourth-order valence-corrected chi connectivity index (χ4v) is 4.46. The summed E-state index contributed by atoms with van der Waals surface area (Å²) >= 11 is 0. The van der Waals surface area contributed by atoms with Crippen LogP contribution in [0.1, 0.15) is 51.5 Å². The van der Waals surface area contributed by atoms with Crippen LogP contribution in [-0.4, -0.2) is 39.9 Å². The third-order valence-corrected chi connectivity index (χ3v) is 5.97. The summed E-state index contributed by atoms with van der Waals surface area (Å²) in [5.74, 6) is -1.07. The van der Waals surface area contributed by atoms with Crippen molar-refractivity contribution in [3.63, 3.8) is 0 Å². The Morgan fingerprint density at radius 1 is 1.03 bits per heavy atom. The Morgan fingerprint density at radius 3 is 2.39 bits per heavy atom. The number of rotatable bonds is 5. The molecule has 7 heteroatoms. The lowest BCUT2D eigenvalue weighted by Gasteiger charge is -2.24. The van der Waals surface area contributed by atoms with Crippen LogP contribution >= 0.6 is 0 Å². The third-order valence-electron chi connectivity index (χ3n) is 5.97. The first-order chi connectivity index (χ1) is 14.6. The lowest BCUT2D eigenvalue weighted by Crippen LogP contribution is -2.41. The van der Waals surface area contributed by atoms with Gasteiger partial charge in [-0.25, -0.2) is 4.79 Å². The highest BCUT2D eigenvalue weighted by Crippen LogP contribution is 2.34. The Hall–Kier alpha value is -3.74. The van der Waals surface area contributed by atoms with Gasteiger partial charge in [-0.15, -0.1) is 0 Å². The maximum atomic E-state index is 13.3. The fraction of sp³-hybridized carbons (Fsp3) is 0.250. The van der Waals surface area contributed by atoms with Crippen molar-refractivity contribution in [2.24, 2.45) is 0 Å². The first-order valence-corrected chi connectivity index (χ1v) is 10.0. The second kappa shape index (κ2) is 7.19. The molecule has 1 unspecified atom stereocenters. The van der Waals surface area contributed by atoms with Crippen LogP contribution in [0.3, 0.4) is 0 Å². The van der Waals surface area contributed by atoms with Gasteiger partial charge in [0.25, 0.3) is 5.91 Å². The number of aryl methyl sites for hydroxylation is 1. The summed E-state index contributed by atoms with van der Waals surface area (Å²) in [5.41, 5.74) is 1.20. The number of benzene rings is 2. The number of nitrogens with one attached hydrogen (secondary N) is 2. The van der Waals surface area contributed by atoms with Crippen molar-refractivity contribution in [3.8, 4) is 0 Å². The van der Waals surface area contributed by atoms with E-state index in [1.54, 1.807) is 20.8 Å². The molecule has 1 aliphatic rings. The molecule has 2 aromatic carbocycles. The van der Waals surface area contributed by atoms with Crippen molar-refractivity contribution in [1.82, 2.24) is 15.2 Å². The molecule has 0 radical (unpaired) electrons. The minimum absolute atomic E-state index is 0.149. The lowest BCUT2D eigenvalue weighted by atomic mass is 9.88. The first-order valence-electron chi connectivity index (χ1n) is 10.0. The summed E-state index contributed by atoms with van der Waals surface area (Å²) < 4.78 is 0. The summed E-state index contributed by atoms with van der Waals surface area (Å²) in [6, 6.07) is 12.6. The lowest BCUT2D eigenvalue weighted by molar-refractivity contribution is -0.130. The molecule has 158 valence electrons. The minimum Gasteiger partial charge on any atom is -0.355 e. The van der Waals surface area contributed by atoms with Gasteiger partial charge in [-0.2, -0.15) is 0 Å². The SMILES string of the molecule is CC(=O)c1c(C)[nH]c(C(=O)CN2C(=O)NC(C)(c3cccc4ccccc34)C2=O)c1C. The molecule has 3 amide bonds. The highest BCUT2D eigenvalue weighted by molar-refractivity contribution is 6.13. The van der Waals surface area contributed by atoms with Gasteiger partial charge in [0.2, 0.25) is 0 Å². The summed E-state index contributed by atoms with van der Waals surface area (Å²) in [6.07, 6.45) is 0. The van der Waals surface area contributed by atoms with Crippen LogP contribution in [0, 0.1) is 13.8 Å². The maximum absolute atomic E-state index is 13.3. The number of amides is 3. The molecule has 0 spiro atoms. The summed E-state index contributed by atoms with van der Waals surface area (Å²) in [4.78, 5) is 54.7. The van der Waals surface area contributed by atoms with Gasteiger partial charge in [-0.3, -0.25) is 19.3 Å². The zero-order valence-electron chi connectivity index (χ0n) is 17.8. The highest BCUT2D eigenvalue weighted by Gasteiger charge is 2.50. The molecule has 2 N–H and O–H groups in total. The Labute approximate surface area is 179 Å². The molecule has 1 aromatic heterocycles. The number of carbonyl (C=O) groups excluding carboxylic acids is 4. The number of hydrogen-bond donors (Lipinski definition) is 2. The van der Waals surface area contributed by atoms with Gasteiger partial charge in [-0.1, -0.05) is 42.5 Å². The van der Waals surface area contributed by atoms with E-state index in [1.165, 1.54) is 6.92 Å². The van der Waals surface area contributed by atoms with E-state index in [9.17, 15) is 19.2 Å². The van der Waals surface area contributed by atoms with Crippen LogP contribution in [0.25, 0.3) is 10.8 Å². The van der Waals surface area contributed by atoms with Gasteiger partial charge in [0.1, 0.15) is 5.54 Å². The molecule has 1 aliphatic heterocycles. The van der Waals surface area contributed by atoms with Crippen molar-refractivity contribution in [1.29, 1.82) is 0 Å². The molecule has 1 atom stereocenters. The second-order valence-corrected chi connectivity index (χ2v) is 8.08. The number of H-pyrrole nitrogens is 1. The first kappa shape index (κ1) is 20.5. The molecular weight excluding hydrogens is 394 g/mol. The topological polar surface area (TPSA) is 99.3 Å². The van der Waals surface area contributed by atoms with Gasteiger partial charge in [0.15, 0.2) is 11.6 Å². The summed E-state index contributed by atoms with van der Waals surface area (Å²) in [5, 5.41) is 4.57. The number of hydrogen-bond acceptors (Lipinski definition) is 4. The van der Waals surface area contributed by atoms with E-state index in [1.807, 2.05) is 42.5 Å². The Balaban J connectivity index is 1.67. The van der Waals surface area contributed by atoms with Gasteiger partial charge < -0.3 is 10.3 Å². The van der Waals surface area contributed by atoms with E-state index in [-0.39, 0.29) is 11.5 Å². The minimum atomic E-state index is -1.29. The van der Waals surface area contributed by atoms with Gasteiger partial charge in [0, 0.05) is 11.3 Å². The number of aromatic nitrogens is 1. The van der Waals surface area contributed by atoms with Crippen LogP contribution in [0.2, 0.25) is 0 Å². The van der Waals surface area contributed by atoms with E-state index in [0.29, 0.717) is 22.4 Å². The zero-order valence-corrected chi connectivity index (χ0v) is 17.8. The molecule has 7 nitrogen and oxygen atoms in total. The van der Waals surface area contributed by atoms with E-state index in [0.717, 1.165) is 15.7 Å². The third kappa shape index (κ3) is 3.13. The normalized spacial score (nSPS) is 18.5. The number of fused-ring (bicyclic) bond motifs is 1. The average molecular weight is 417 g/mol. The van der Waals surface area contributed by atoms with Gasteiger partial charge >= 0.3 is 6.03 Å². The molecule has 3 aromatic rings. The van der Waals surface area contributed by atoms with E-state index >= 15 is 0 Å². The molecule has 2 heterocycles. The standard InChI is InChI=1S/C24H23N3O4/c1-13-20(15(3)28)14(2)25-21(13)19(29)12-27-22(30)24(4,26-23(27)31)18-11-7-9-16-8-5-6-10-17(16)18/h5-11,25H,12H2,1-4H3,(H,26,31). The fourth-order valence-electron chi connectivity index (χ4n) is 4.46. The number of urea groups is 1. The Kier molecular flexibility index (Phi) is 4.76. The zero-order chi connectivity index (χ0) is 22.5. The van der Waals surface area contributed by atoms with Crippen molar-refractivity contribution >= 4 is 34.3 Å². The average Bonchev–Trinajstić information content (AvgIpc) is 3.15. The van der Waals surface area contributed by atoms with Crippen LogP contribution in [0.4, 0.5) is 4.79 Å². The molecular formula is C24H23N3O4. The Bertz CT molecular complexity index is 1270. The van der Waals surface area contributed by atoms with Crippen molar-refractivity contribution in [2.45, 2.75) is 33.2 Å². The highest BCUT2D eigenvalue weighted by atomic mass is 16.2. The van der Waals surface area contributed by atoms with Crippen molar-refractivity contribution < 1.29 is 19.2 Å². The molecule has 1 fully saturated rings. The maximum Gasteiger partial charge on any atom is 0.325 e. The quantitative estimate of drug-likeness (QED) is 0.489. The number of Topliss-reactive ketones (excluding diaryl/α,β-unsaturated/α-hetero) is 2. The summed E-state index contributed by atoms with van der Waals surface area (Å²) in [7, 11) is 0. The molecule has 0 aliphatic carbocycles. The van der Waals surface area contributed by atoms with Crippen LogP contribution in [0.15, 0.2) is 42.5 Å². The molecule has 31 heavy (non-hydrogen) atoms. The van der Waals surface area contributed by atoms with Gasteiger partial charge in [-0.05, 0) is 49.6 Å². The second-order valence-electron chi connectivity index (χ2n) is 8.08. The number of aromatic amines is 1. The molecule has 0 saturated carbocycles. The number of ketones is 2. The van der Waals surface area contributed by atoms with E-state index in [2.05, 4.69) is 10.3 Å². The Morgan fingerprint density at radius 2 is 1.71 bits per heavy atom.